The number of nitrogens with zero attached hydrogens (tertiary/aromatic N) is 3. The van der Waals surface area contributed by atoms with Crippen LogP contribution in [0.25, 0.3) is 11.3 Å². The number of hydrogen-bond acceptors (Lipinski definition) is 4. The van der Waals surface area contributed by atoms with Crippen molar-refractivity contribution in [2.24, 2.45) is 0 Å². The summed E-state index contributed by atoms with van der Waals surface area (Å²) in [7, 11) is 1.51. The van der Waals surface area contributed by atoms with E-state index in [0.29, 0.717) is 47.0 Å². The molecule has 0 bridgehead atoms. The molecule has 8 nitrogen and oxygen atoms in total. The third-order valence-electron chi connectivity index (χ3n) is 5.48. The van der Waals surface area contributed by atoms with Crippen molar-refractivity contribution < 1.29 is 14.0 Å². The fourth-order valence-electron chi connectivity index (χ4n) is 3.71. The lowest BCUT2D eigenvalue weighted by atomic mass is 10.0. The van der Waals surface area contributed by atoms with Gasteiger partial charge in [0, 0.05) is 30.6 Å². The summed E-state index contributed by atoms with van der Waals surface area (Å²) in [4.78, 5) is 27.2. The van der Waals surface area contributed by atoms with Crippen LogP contribution in [0.2, 0.25) is 5.02 Å². The number of halogens is 2. The van der Waals surface area contributed by atoms with Crippen LogP contribution in [0.5, 0.6) is 0 Å². The van der Waals surface area contributed by atoms with E-state index in [1.807, 2.05) is 0 Å². The molecule has 2 aromatic carbocycles. The molecule has 0 unspecified atom stereocenters. The van der Waals surface area contributed by atoms with Gasteiger partial charge in [-0.2, -0.15) is 5.10 Å². The van der Waals surface area contributed by atoms with Crippen LogP contribution in [0.3, 0.4) is 0 Å². The second-order valence-corrected chi connectivity index (χ2v) is 8.06. The zero-order valence-electron chi connectivity index (χ0n) is 18.1. The number of hydrogen-bond donors (Lipinski definition) is 3. The first kappa shape index (κ1) is 22.5. The monoisotopic (exact) mass is 468 g/mol. The number of carbonyl (C=O) groups is 2. The molecular weight excluding hydrogens is 447 g/mol. The maximum absolute atomic E-state index is 13.6. The van der Waals surface area contributed by atoms with Crippen molar-refractivity contribution in [3.8, 4) is 11.3 Å². The molecule has 1 aliphatic rings. The van der Waals surface area contributed by atoms with E-state index in [1.165, 1.54) is 25.2 Å². The van der Waals surface area contributed by atoms with Crippen LogP contribution in [0.15, 0.2) is 42.5 Å². The van der Waals surface area contributed by atoms with E-state index in [9.17, 15) is 14.0 Å². The minimum Gasteiger partial charge on any atom is -0.355 e. The second-order valence-electron chi connectivity index (χ2n) is 7.66. The summed E-state index contributed by atoms with van der Waals surface area (Å²) in [5, 5.41) is 17.6. The highest BCUT2D eigenvalue weighted by molar-refractivity contribution is 6.31. The van der Waals surface area contributed by atoms with Gasteiger partial charge in [-0.05, 0) is 42.8 Å². The first-order valence-electron chi connectivity index (χ1n) is 10.3. The maximum atomic E-state index is 13.6. The van der Waals surface area contributed by atoms with Gasteiger partial charge >= 0.3 is 6.03 Å². The van der Waals surface area contributed by atoms with Crippen molar-refractivity contribution in [3.63, 3.8) is 0 Å². The molecule has 0 saturated carbocycles. The molecule has 0 atom stereocenters. The predicted molar refractivity (Wildman–Crippen MR) is 124 cm³/mol. The Morgan fingerprint density at radius 3 is 2.52 bits per heavy atom. The highest BCUT2D eigenvalue weighted by Gasteiger charge is 2.30. The van der Waals surface area contributed by atoms with E-state index in [4.69, 9.17) is 17.0 Å². The Morgan fingerprint density at radius 2 is 1.88 bits per heavy atom. The Kier molecular flexibility index (Phi) is 6.15. The Bertz CT molecular complexity index is 1250. The lowest BCUT2D eigenvalue weighted by Gasteiger charge is -2.28. The molecule has 0 radical (unpaired) electrons. The standard InChI is InChI=1S/C23H22ClFN6O2/c1-13(26)14-3-6-16(7-4-14)28-23(33)30-9-10-31-19(12-30)20(22(32)27-2)21(29-31)15-5-8-18(25)17(24)11-15/h3-8,11,26H,9-10,12H2,1-2H3,(H,27,32)(H,28,33). The van der Waals surface area contributed by atoms with E-state index in [0.717, 1.165) is 5.56 Å². The summed E-state index contributed by atoms with van der Waals surface area (Å²) < 4.78 is 15.3. The molecule has 0 aliphatic carbocycles. The first-order chi connectivity index (χ1) is 15.8. The number of nitrogens with one attached hydrogen (secondary N) is 3. The smallest absolute Gasteiger partial charge is 0.322 e. The molecule has 33 heavy (non-hydrogen) atoms. The van der Waals surface area contributed by atoms with Crippen molar-refractivity contribution in [1.82, 2.24) is 20.0 Å². The van der Waals surface area contributed by atoms with Crippen molar-refractivity contribution in [2.45, 2.75) is 20.0 Å². The summed E-state index contributed by atoms with van der Waals surface area (Å²) in [6, 6.07) is 10.9. The summed E-state index contributed by atoms with van der Waals surface area (Å²) in [5.41, 5.74) is 3.63. The number of benzene rings is 2. The number of urea groups is 1. The third-order valence-corrected chi connectivity index (χ3v) is 5.77. The average Bonchev–Trinajstić information content (AvgIpc) is 3.19. The van der Waals surface area contributed by atoms with Gasteiger partial charge in [0.1, 0.15) is 11.5 Å². The number of amides is 3. The first-order valence-corrected chi connectivity index (χ1v) is 10.6. The molecule has 1 aromatic heterocycles. The van der Waals surface area contributed by atoms with Gasteiger partial charge in [-0.25, -0.2) is 9.18 Å². The topological polar surface area (TPSA) is 103 Å². The van der Waals surface area contributed by atoms with Gasteiger partial charge in [-0.3, -0.25) is 9.48 Å². The molecule has 10 heteroatoms. The lowest BCUT2D eigenvalue weighted by molar-refractivity contribution is 0.0960. The number of rotatable bonds is 4. The largest absolute Gasteiger partial charge is 0.355 e. The second kappa shape index (κ2) is 9.03. The van der Waals surface area contributed by atoms with Crippen molar-refractivity contribution in [1.29, 1.82) is 5.41 Å². The van der Waals surface area contributed by atoms with Crippen LogP contribution >= 0.6 is 11.6 Å². The van der Waals surface area contributed by atoms with Crippen LogP contribution in [0.4, 0.5) is 14.9 Å². The number of carbonyl (C=O) groups excluding carboxylic acids is 2. The van der Waals surface area contributed by atoms with Crippen molar-refractivity contribution in [2.75, 3.05) is 18.9 Å². The normalized spacial score (nSPS) is 12.8. The van der Waals surface area contributed by atoms with E-state index >= 15 is 0 Å². The van der Waals surface area contributed by atoms with Gasteiger partial charge in [-0.15, -0.1) is 0 Å². The molecule has 4 rings (SSSR count). The van der Waals surface area contributed by atoms with Crippen molar-refractivity contribution >= 4 is 34.9 Å². The SMILES string of the molecule is CNC(=O)c1c(-c2ccc(F)c(Cl)c2)nn2c1CN(C(=O)Nc1ccc(C(C)=N)cc1)CC2. The van der Waals surface area contributed by atoms with Gasteiger partial charge in [-0.1, -0.05) is 23.7 Å². The molecule has 3 amide bonds. The Hall–Kier alpha value is -3.72. The van der Waals surface area contributed by atoms with E-state index in [-0.39, 0.29) is 23.5 Å². The predicted octanol–water partition coefficient (Wildman–Crippen LogP) is 4.14. The van der Waals surface area contributed by atoms with Gasteiger partial charge in [0.05, 0.1) is 29.4 Å². The zero-order valence-corrected chi connectivity index (χ0v) is 18.8. The highest BCUT2D eigenvalue weighted by atomic mass is 35.5. The average molecular weight is 469 g/mol. The molecule has 2 heterocycles. The molecular formula is C23H22ClFN6O2. The molecule has 0 fully saturated rings. The van der Waals surface area contributed by atoms with Gasteiger partial charge < -0.3 is 20.9 Å². The van der Waals surface area contributed by atoms with Crippen LogP contribution < -0.4 is 10.6 Å². The maximum Gasteiger partial charge on any atom is 0.322 e. The van der Waals surface area contributed by atoms with Gasteiger partial charge in [0.2, 0.25) is 0 Å². The lowest BCUT2D eigenvalue weighted by Crippen LogP contribution is -2.41. The third kappa shape index (κ3) is 4.45. The molecule has 0 spiro atoms. The summed E-state index contributed by atoms with van der Waals surface area (Å²) >= 11 is 5.94. The molecule has 170 valence electrons. The Labute approximate surface area is 194 Å². The Balaban J connectivity index is 1.61. The molecule has 3 N–H and O–H groups in total. The van der Waals surface area contributed by atoms with Gasteiger partial charge in [0.25, 0.3) is 5.91 Å². The van der Waals surface area contributed by atoms with Crippen LogP contribution in [-0.4, -0.2) is 45.9 Å². The van der Waals surface area contributed by atoms with Crippen LogP contribution in [0, 0.1) is 11.2 Å². The quantitative estimate of drug-likeness (QED) is 0.501. The highest BCUT2D eigenvalue weighted by Crippen LogP contribution is 2.31. The van der Waals surface area contributed by atoms with E-state index < -0.39 is 5.82 Å². The minimum absolute atomic E-state index is 0.0634. The molecule has 1 aliphatic heterocycles. The van der Waals surface area contributed by atoms with E-state index in [1.54, 1.807) is 40.8 Å². The molecule has 3 aromatic rings. The number of fused-ring (bicyclic) bond motifs is 1. The summed E-state index contributed by atoms with van der Waals surface area (Å²) in [6.45, 7) is 2.67. The number of anilines is 1. The zero-order chi connectivity index (χ0) is 23.7. The van der Waals surface area contributed by atoms with Gasteiger partial charge in [0.15, 0.2) is 0 Å². The summed E-state index contributed by atoms with van der Waals surface area (Å²) in [6.07, 6.45) is 0. The Morgan fingerprint density at radius 1 is 1.15 bits per heavy atom. The molecule has 0 saturated heterocycles. The number of aromatic nitrogens is 2. The van der Waals surface area contributed by atoms with Crippen LogP contribution in [-0.2, 0) is 13.1 Å². The van der Waals surface area contributed by atoms with Crippen LogP contribution in [0.1, 0.15) is 28.5 Å². The van der Waals surface area contributed by atoms with Crippen molar-refractivity contribution in [3.05, 3.63) is 70.1 Å². The fourth-order valence-corrected chi connectivity index (χ4v) is 3.89. The summed E-state index contributed by atoms with van der Waals surface area (Å²) in [5.74, 6) is -0.913. The minimum atomic E-state index is -0.558. The van der Waals surface area contributed by atoms with E-state index in [2.05, 4.69) is 15.7 Å². The fraction of sp³-hybridized carbons (Fsp3) is 0.217.